The zero-order chi connectivity index (χ0) is 14.2. The number of nitrogens with one attached hydrogen (secondary N) is 2. The van der Waals surface area contributed by atoms with Crippen molar-refractivity contribution in [2.75, 3.05) is 13.1 Å². The molecule has 1 aliphatic carbocycles. The molecule has 1 fully saturated rings. The van der Waals surface area contributed by atoms with Crippen LogP contribution in [0.1, 0.15) is 60.8 Å². The maximum Gasteiger partial charge on any atom is 0.264 e. The van der Waals surface area contributed by atoms with Gasteiger partial charge >= 0.3 is 0 Å². The van der Waals surface area contributed by atoms with Gasteiger partial charge in [-0.1, -0.05) is 37.1 Å². The number of carbonyl (C=O) groups excluding carboxylic acids is 1. The Labute approximate surface area is 136 Å². The maximum absolute atomic E-state index is 12.0. The Morgan fingerprint density at radius 1 is 1.24 bits per heavy atom. The summed E-state index contributed by atoms with van der Waals surface area (Å²) in [6.07, 6.45) is 8.69. The molecule has 1 aliphatic rings. The van der Waals surface area contributed by atoms with Crippen molar-refractivity contribution in [2.24, 2.45) is 0 Å². The summed E-state index contributed by atoms with van der Waals surface area (Å²) in [4.78, 5) is 12.6. The minimum absolute atomic E-state index is 0. The number of amides is 1. The zero-order valence-corrected chi connectivity index (χ0v) is 14.2. The van der Waals surface area contributed by atoms with Crippen molar-refractivity contribution in [2.45, 2.75) is 57.9 Å². The van der Waals surface area contributed by atoms with Crippen LogP contribution in [0.5, 0.6) is 0 Å². The molecule has 1 heterocycles. The topological polar surface area (TPSA) is 66.9 Å². The van der Waals surface area contributed by atoms with E-state index in [0.29, 0.717) is 17.5 Å². The SMILES string of the molecule is CCc1nnsc1C(=O)NCCNC1CCCCCC1.Cl. The van der Waals surface area contributed by atoms with Crippen LogP contribution in [-0.4, -0.2) is 34.6 Å². The molecule has 1 amide bonds. The largest absolute Gasteiger partial charge is 0.350 e. The number of hydrogen-bond acceptors (Lipinski definition) is 5. The van der Waals surface area contributed by atoms with Crippen LogP contribution < -0.4 is 10.6 Å². The quantitative estimate of drug-likeness (QED) is 0.620. The van der Waals surface area contributed by atoms with Gasteiger partial charge in [0.2, 0.25) is 0 Å². The third kappa shape index (κ3) is 5.88. The van der Waals surface area contributed by atoms with Crippen LogP contribution in [0.25, 0.3) is 0 Å². The van der Waals surface area contributed by atoms with Crippen molar-refractivity contribution < 1.29 is 4.79 Å². The minimum Gasteiger partial charge on any atom is -0.350 e. The average Bonchev–Trinajstić information content (AvgIpc) is 2.80. The number of aromatic nitrogens is 2. The summed E-state index contributed by atoms with van der Waals surface area (Å²) in [5.41, 5.74) is 0.796. The lowest BCUT2D eigenvalue weighted by Gasteiger charge is -2.16. The lowest BCUT2D eigenvalue weighted by Crippen LogP contribution is -2.36. The molecule has 0 aliphatic heterocycles. The van der Waals surface area contributed by atoms with Gasteiger partial charge in [-0.25, -0.2) is 0 Å². The van der Waals surface area contributed by atoms with Crippen LogP contribution >= 0.6 is 23.9 Å². The van der Waals surface area contributed by atoms with Gasteiger partial charge in [-0.3, -0.25) is 4.79 Å². The predicted octanol–water partition coefficient (Wildman–Crippen LogP) is 2.56. The van der Waals surface area contributed by atoms with Crippen molar-refractivity contribution in [1.82, 2.24) is 20.2 Å². The van der Waals surface area contributed by atoms with Gasteiger partial charge < -0.3 is 10.6 Å². The highest BCUT2D eigenvalue weighted by atomic mass is 35.5. The minimum atomic E-state index is -0.0421. The molecule has 1 saturated carbocycles. The molecule has 7 heteroatoms. The van der Waals surface area contributed by atoms with Gasteiger partial charge in [0.15, 0.2) is 0 Å². The number of rotatable bonds is 6. The highest BCUT2D eigenvalue weighted by Crippen LogP contribution is 2.16. The third-order valence-electron chi connectivity index (χ3n) is 3.80. The predicted molar refractivity (Wildman–Crippen MR) is 88.4 cm³/mol. The van der Waals surface area contributed by atoms with Gasteiger partial charge in [-0.15, -0.1) is 17.5 Å². The van der Waals surface area contributed by atoms with E-state index in [-0.39, 0.29) is 18.3 Å². The van der Waals surface area contributed by atoms with Crippen molar-refractivity contribution in [1.29, 1.82) is 0 Å². The number of halogens is 1. The summed E-state index contributed by atoms with van der Waals surface area (Å²) in [5, 5.41) is 10.5. The van der Waals surface area contributed by atoms with Gasteiger partial charge in [0.25, 0.3) is 5.91 Å². The van der Waals surface area contributed by atoms with Crippen LogP contribution in [-0.2, 0) is 6.42 Å². The second-order valence-electron chi connectivity index (χ2n) is 5.30. The maximum atomic E-state index is 12.0. The Morgan fingerprint density at radius 2 is 1.95 bits per heavy atom. The Balaban J connectivity index is 0.00000220. The molecule has 0 bridgehead atoms. The molecular formula is C14H25ClN4OS. The van der Waals surface area contributed by atoms with E-state index in [2.05, 4.69) is 20.2 Å². The molecule has 120 valence electrons. The Bertz CT molecular complexity index is 419. The van der Waals surface area contributed by atoms with Crippen LogP contribution in [0.15, 0.2) is 0 Å². The second kappa shape index (κ2) is 10.1. The first-order valence-corrected chi connectivity index (χ1v) is 8.41. The van der Waals surface area contributed by atoms with E-state index in [0.717, 1.165) is 18.7 Å². The summed E-state index contributed by atoms with van der Waals surface area (Å²) in [5.74, 6) is -0.0421. The third-order valence-corrected chi connectivity index (χ3v) is 4.56. The molecule has 0 saturated heterocycles. The summed E-state index contributed by atoms with van der Waals surface area (Å²) >= 11 is 1.18. The normalized spacial score (nSPS) is 16.0. The first kappa shape index (κ1) is 18.3. The van der Waals surface area contributed by atoms with Gasteiger partial charge in [-0.05, 0) is 30.8 Å². The molecule has 0 radical (unpaired) electrons. The lowest BCUT2D eigenvalue weighted by molar-refractivity contribution is 0.0956. The molecule has 1 aromatic rings. The lowest BCUT2D eigenvalue weighted by atomic mass is 10.1. The second-order valence-corrected chi connectivity index (χ2v) is 6.05. The van der Waals surface area contributed by atoms with Crippen LogP contribution in [0.4, 0.5) is 0 Å². The van der Waals surface area contributed by atoms with E-state index in [1.54, 1.807) is 0 Å². The monoisotopic (exact) mass is 332 g/mol. The van der Waals surface area contributed by atoms with E-state index >= 15 is 0 Å². The van der Waals surface area contributed by atoms with Gasteiger partial charge in [0, 0.05) is 19.1 Å². The zero-order valence-electron chi connectivity index (χ0n) is 12.6. The molecule has 0 aromatic carbocycles. The molecule has 5 nitrogen and oxygen atoms in total. The molecule has 2 rings (SSSR count). The Morgan fingerprint density at radius 3 is 2.62 bits per heavy atom. The number of nitrogens with zero attached hydrogens (tertiary/aromatic N) is 2. The first-order valence-electron chi connectivity index (χ1n) is 7.64. The fraction of sp³-hybridized carbons (Fsp3) is 0.786. The summed E-state index contributed by atoms with van der Waals surface area (Å²) < 4.78 is 3.84. The highest BCUT2D eigenvalue weighted by Gasteiger charge is 2.15. The van der Waals surface area contributed by atoms with Crippen LogP contribution in [0, 0.1) is 0 Å². The highest BCUT2D eigenvalue weighted by molar-refractivity contribution is 7.08. The summed E-state index contributed by atoms with van der Waals surface area (Å²) in [6, 6.07) is 0.630. The van der Waals surface area contributed by atoms with Gasteiger partial charge in [-0.2, -0.15) is 0 Å². The van der Waals surface area contributed by atoms with Gasteiger partial charge in [0.05, 0.1) is 5.69 Å². The Hall–Kier alpha value is -0.720. The van der Waals surface area contributed by atoms with Crippen LogP contribution in [0.3, 0.4) is 0 Å². The van der Waals surface area contributed by atoms with E-state index in [9.17, 15) is 4.79 Å². The molecule has 0 atom stereocenters. The molecule has 1 aromatic heterocycles. The fourth-order valence-corrected chi connectivity index (χ4v) is 3.30. The van der Waals surface area contributed by atoms with Crippen molar-refractivity contribution in [3.05, 3.63) is 10.6 Å². The Kier molecular flexibility index (Phi) is 8.80. The van der Waals surface area contributed by atoms with Crippen molar-refractivity contribution >= 4 is 29.8 Å². The van der Waals surface area contributed by atoms with E-state index in [1.165, 1.54) is 50.1 Å². The van der Waals surface area contributed by atoms with E-state index in [4.69, 9.17) is 0 Å². The van der Waals surface area contributed by atoms with E-state index < -0.39 is 0 Å². The summed E-state index contributed by atoms with van der Waals surface area (Å²) in [7, 11) is 0. The average molecular weight is 333 g/mol. The summed E-state index contributed by atoms with van der Waals surface area (Å²) in [6.45, 7) is 3.49. The number of aryl methyl sites for hydroxylation is 1. The first-order chi connectivity index (χ1) is 9.81. The molecular weight excluding hydrogens is 308 g/mol. The molecule has 0 spiro atoms. The molecule has 0 unspecified atom stereocenters. The van der Waals surface area contributed by atoms with Crippen LogP contribution in [0.2, 0.25) is 0 Å². The fourth-order valence-electron chi connectivity index (χ4n) is 2.63. The smallest absolute Gasteiger partial charge is 0.264 e. The van der Waals surface area contributed by atoms with Gasteiger partial charge in [0.1, 0.15) is 4.88 Å². The molecule has 2 N–H and O–H groups in total. The van der Waals surface area contributed by atoms with E-state index in [1.807, 2.05) is 6.92 Å². The number of hydrogen-bond donors (Lipinski definition) is 2. The standard InChI is InChI=1S/C14H24N4OS.ClH/c1-2-12-13(20-18-17-12)14(19)16-10-9-15-11-7-5-3-4-6-8-11;/h11,15H,2-10H2,1H3,(H,16,19);1H. The number of carbonyl (C=O) groups is 1. The van der Waals surface area contributed by atoms with Crippen molar-refractivity contribution in [3.8, 4) is 0 Å². The molecule has 21 heavy (non-hydrogen) atoms. The van der Waals surface area contributed by atoms with Crippen molar-refractivity contribution in [3.63, 3.8) is 0 Å².